The van der Waals surface area contributed by atoms with Gasteiger partial charge in [0, 0.05) is 23.7 Å². The van der Waals surface area contributed by atoms with E-state index in [-0.39, 0.29) is 18.2 Å². The number of hydrogen-bond donors (Lipinski definition) is 1. The van der Waals surface area contributed by atoms with Crippen LogP contribution in [0, 0.1) is 6.92 Å². The third-order valence-electron chi connectivity index (χ3n) is 4.51. The lowest BCUT2D eigenvalue weighted by Crippen LogP contribution is -2.24. The minimum Gasteiger partial charge on any atom is -0.434 e. The minimum atomic E-state index is -2.93. The van der Waals surface area contributed by atoms with Gasteiger partial charge >= 0.3 is 6.61 Å². The van der Waals surface area contributed by atoms with Crippen molar-refractivity contribution in [2.24, 2.45) is 0 Å². The van der Waals surface area contributed by atoms with Crippen LogP contribution in [-0.2, 0) is 6.54 Å². The van der Waals surface area contributed by atoms with E-state index in [1.165, 1.54) is 6.07 Å². The number of pyridine rings is 1. The van der Waals surface area contributed by atoms with E-state index >= 15 is 0 Å². The number of hydrogen-bond acceptors (Lipinski definition) is 5. The number of alkyl halides is 2. The highest BCUT2D eigenvalue weighted by Crippen LogP contribution is 2.40. The lowest BCUT2D eigenvalue weighted by atomic mass is 10.1. The quantitative estimate of drug-likeness (QED) is 0.708. The number of ether oxygens (including phenoxy) is 1. The molecule has 1 amide bonds. The number of fused-ring (bicyclic) bond motifs is 1. The lowest BCUT2D eigenvalue weighted by molar-refractivity contribution is -0.0504. The number of aryl methyl sites for hydroxylation is 1. The summed E-state index contributed by atoms with van der Waals surface area (Å²) in [6, 6.07) is 8.12. The summed E-state index contributed by atoms with van der Waals surface area (Å²) >= 11 is 0. The Morgan fingerprint density at radius 1 is 1.37 bits per heavy atom. The second kappa shape index (κ2) is 6.94. The lowest BCUT2D eigenvalue weighted by Gasteiger charge is -2.12. The van der Waals surface area contributed by atoms with E-state index in [1.807, 2.05) is 0 Å². The van der Waals surface area contributed by atoms with Gasteiger partial charge in [-0.25, -0.2) is 4.98 Å². The number of benzene rings is 1. The first-order valence-electron chi connectivity index (χ1n) is 8.60. The SMILES string of the molecule is Cc1noc2nc(C3CC3)cc(C(=O)NCc3ccccc3OC(F)F)c12. The number of halogens is 2. The van der Waals surface area contributed by atoms with Gasteiger partial charge in [-0.3, -0.25) is 4.79 Å². The van der Waals surface area contributed by atoms with E-state index in [9.17, 15) is 13.6 Å². The molecule has 1 aliphatic carbocycles. The smallest absolute Gasteiger partial charge is 0.387 e. The molecule has 3 aromatic rings. The minimum absolute atomic E-state index is 0.0347. The molecule has 2 heterocycles. The van der Waals surface area contributed by atoms with Crippen LogP contribution in [0.1, 0.15) is 46.1 Å². The van der Waals surface area contributed by atoms with Gasteiger partial charge < -0.3 is 14.6 Å². The highest BCUT2D eigenvalue weighted by molar-refractivity contribution is 6.06. The third kappa shape index (κ3) is 3.60. The fraction of sp³-hybridized carbons (Fsp3) is 0.316. The summed E-state index contributed by atoms with van der Waals surface area (Å²) in [5, 5.41) is 7.23. The molecule has 27 heavy (non-hydrogen) atoms. The van der Waals surface area contributed by atoms with Crippen molar-refractivity contribution >= 4 is 17.0 Å². The van der Waals surface area contributed by atoms with Crippen molar-refractivity contribution in [3.8, 4) is 5.75 Å². The third-order valence-corrected chi connectivity index (χ3v) is 4.51. The topological polar surface area (TPSA) is 77.2 Å². The van der Waals surface area contributed by atoms with Crippen molar-refractivity contribution in [2.75, 3.05) is 0 Å². The Morgan fingerprint density at radius 3 is 2.89 bits per heavy atom. The van der Waals surface area contributed by atoms with Gasteiger partial charge in [0.25, 0.3) is 11.6 Å². The average molecular weight is 373 g/mol. The van der Waals surface area contributed by atoms with E-state index in [2.05, 4.69) is 20.2 Å². The van der Waals surface area contributed by atoms with Gasteiger partial charge in [-0.15, -0.1) is 0 Å². The molecule has 0 bridgehead atoms. The molecule has 2 aromatic heterocycles. The summed E-state index contributed by atoms with van der Waals surface area (Å²) in [6.07, 6.45) is 2.07. The van der Waals surface area contributed by atoms with Crippen LogP contribution in [0.2, 0.25) is 0 Å². The fourth-order valence-electron chi connectivity index (χ4n) is 3.01. The molecule has 6 nitrogen and oxygen atoms in total. The molecule has 1 N–H and O–H groups in total. The van der Waals surface area contributed by atoms with Crippen LogP contribution in [-0.4, -0.2) is 22.7 Å². The van der Waals surface area contributed by atoms with E-state index in [0.29, 0.717) is 33.8 Å². The van der Waals surface area contributed by atoms with Gasteiger partial charge in [-0.1, -0.05) is 23.4 Å². The highest BCUT2D eigenvalue weighted by Gasteiger charge is 2.28. The Kier molecular flexibility index (Phi) is 4.47. The number of rotatable bonds is 6. The molecule has 0 atom stereocenters. The molecule has 1 fully saturated rings. The molecule has 0 radical (unpaired) electrons. The number of aromatic nitrogens is 2. The Bertz CT molecular complexity index is 999. The molecule has 0 unspecified atom stereocenters. The number of carbonyl (C=O) groups is 1. The van der Waals surface area contributed by atoms with Crippen molar-refractivity contribution in [1.82, 2.24) is 15.5 Å². The van der Waals surface area contributed by atoms with Crippen molar-refractivity contribution in [3.63, 3.8) is 0 Å². The number of carbonyl (C=O) groups excluding carboxylic acids is 1. The molecule has 1 aromatic carbocycles. The van der Waals surface area contributed by atoms with Crippen LogP contribution in [0.25, 0.3) is 11.1 Å². The first kappa shape index (κ1) is 17.4. The standard InChI is InChI=1S/C19H17F2N3O3/c1-10-16-13(8-14(11-6-7-11)23-18(16)27-24-10)17(25)22-9-12-4-2-3-5-15(12)26-19(20)21/h2-5,8,11,19H,6-7,9H2,1H3,(H,22,25). The van der Waals surface area contributed by atoms with Gasteiger partial charge in [-0.2, -0.15) is 8.78 Å². The molecule has 4 rings (SSSR count). The predicted molar refractivity (Wildman–Crippen MR) is 92.8 cm³/mol. The molecule has 8 heteroatoms. The van der Waals surface area contributed by atoms with Gasteiger partial charge in [-0.05, 0) is 31.9 Å². The van der Waals surface area contributed by atoms with Crippen molar-refractivity contribution in [1.29, 1.82) is 0 Å². The van der Waals surface area contributed by atoms with Crippen LogP contribution in [0.5, 0.6) is 5.75 Å². The number of nitrogens with zero attached hydrogens (tertiary/aromatic N) is 2. The summed E-state index contributed by atoms with van der Waals surface area (Å²) in [4.78, 5) is 17.3. The van der Waals surface area contributed by atoms with Crippen molar-refractivity contribution < 1.29 is 22.8 Å². The molecule has 0 spiro atoms. The average Bonchev–Trinajstić information content (AvgIpc) is 3.43. The van der Waals surface area contributed by atoms with E-state index in [1.54, 1.807) is 31.2 Å². The van der Waals surface area contributed by atoms with Gasteiger partial charge in [0.15, 0.2) is 0 Å². The molecular formula is C19H17F2N3O3. The number of amides is 1. The summed E-state index contributed by atoms with van der Waals surface area (Å²) in [5.74, 6) is 0.0291. The summed E-state index contributed by atoms with van der Waals surface area (Å²) < 4.78 is 34.8. The summed E-state index contributed by atoms with van der Waals surface area (Å²) in [6.45, 7) is -1.14. The van der Waals surface area contributed by atoms with E-state index < -0.39 is 6.61 Å². The van der Waals surface area contributed by atoms with Gasteiger partial charge in [0.1, 0.15) is 5.75 Å². The maximum absolute atomic E-state index is 12.8. The summed E-state index contributed by atoms with van der Waals surface area (Å²) in [5.41, 5.74) is 2.61. The molecular weight excluding hydrogens is 356 g/mol. The zero-order valence-corrected chi connectivity index (χ0v) is 14.5. The van der Waals surface area contributed by atoms with Crippen LogP contribution in [0.3, 0.4) is 0 Å². The fourth-order valence-corrected chi connectivity index (χ4v) is 3.01. The van der Waals surface area contributed by atoms with Gasteiger partial charge in [0.05, 0.1) is 16.6 Å². The second-order valence-electron chi connectivity index (χ2n) is 6.49. The molecule has 140 valence electrons. The Balaban J connectivity index is 1.60. The largest absolute Gasteiger partial charge is 0.434 e. The maximum Gasteiger partial charge on any atom is 0.387 e. The van der Waals surface area contributed by atoms with E-state index in [0.717, 1.165) is 18.5 Å². The maximum atomic E-state index is 12.8. The monoisotopic (exact) mass is 373 g/mol. The Labute approximate surface area is 153 Å². The second-order valence-corrected chi connectivity index (χ2v) is 6.49. The Morgan fingerprint density at radius 2 is 2.15 bits per heavy atom. The first-order chi connectivity index (χ1) is 13.0. The van der Waals surface area contributed by atoms with Crippen molar-refractivity contribution in [3.05, 3.63) is 52.8 Å². The van der Waals surface area contributed by atoms with Crippen LogP contribution >= 0.6 is 0 Å². The first-order valence-corrected chi connectivity index (χ1v) is 8.60. The normalized spacial score (nSPS) is 13.9. The summed E-state index contributed by atoms with van der Waals surface area (Å²) in [7, 11) is 0. The van der Waals surface area contributed by atoms with E-state index in [4.69, 9.17) is 4.52 Å². The highest BCUT2D eigenvalue weighted by atomic mass is 19.3. The van der Waals surface area contributed by atoms with Crippen LogP contribution in [0.4, 0.5) is 8.78 Å². The van der Waals surface area contributed by atoms with Crippen LogP contribution < -0.4 is 10.1 Å². The number of nitrogens with one attached hydrogen (secondary N) is 1. The number of para-hydroxylation sites is 1. The predicted octanol–water partition coefficient (Wildman–Crippen LogP) is 3.94. The molecule has 1 saturated carbocycles. The molecule has 0 saturated heterocycles. The molecule has 0 aliphatic heterocycles. The zero-order chi connectivity index (χ0) is 19.0. The van der Waals surface area contributed by atoms with Crippen molar-refractivity contribution in [2.45, 2.75) is 38.8 Å². The van der Waals surface area contributed by atoms with Gasteiger partial charge in [0.2, 0.25) is 0 Å². The zero-order valence-electron chi connectivity index (χ0n) is 14.5. The molecule has 1 aliphatic rings. The van der Waals surface area contributed by atoms with Crippen LogP contribution in [0.15, 0.2) is 34.9 Å². The Hall–Kier alpha value is -3.03.